The van der Waals surface area contributed by atoms with Gasteiger partial charge in [-0.2, -0.15) is 0 Å². The first-order chi connectivity index (χ1) is 10.2. The van der Waals surface area contributed by atoms with Crippen molar-refractivity contribution in [1.29, 1.82) is 0 Å². The summed E-state index contributed by atoms with van der Waals surface area (Å²) in [6.45, 7) is 7.12. The van der Waals surface area contributed by atoms with Gasteiger partial charge in [-0.25, -0.2) is 4.99 Å². The van der Waals surface area contributed by atoms with Crippen molar-refractivity contribution in [2.45, 2.75) is 20.4 Å². The molecule has 1 aromatic rings. The Labute approximate surface area is 149 Å². The number of halogens is 1. The van der Waals surface area contributed by atoms with Crippen LogP contribution >= 0.6 is 24.0 Å². The highest BCUT2D eigenvalue weighted by Gasteiger charge is 2.06. The van der Waals surface area contributed by atoms with E-state index in [1.807, 2.05) is 26.0 Å². The predicted octanol–water partition coefficient (Wildman–Crippen LogP) is 2.11. The lowest BCUT2D eigenvalue weighted by Gasteiger charge is -2.12. The first kappa shape index (κ1) is 20.8. The van der Waals surface area contributed by atoms with E-state index >= 15 is 0 Å². The summed E-state index contributed by atoms with van der Waals surface area (Å²) in [6.07, 6.45) is 0. The van der Waals surface area contributed by atoms with Crippen molar-refractivity contribution in [1.82, 2.24) is 10.6 Å². The lowest BCUT2D eigenvalue weighted by atomic mass is 10.2. The summed E-state index contributed by atoms with van der Waals surface area (Å²) in [5, 5.41) is 16.3. The zero-order valence-electron chi connectivity index (χ0n) is 13.4. The zero-order chi connectivity index (χ0) is 15.5. The van der Waals surface area contributed by atoms with Crippen LogP contribution in [0, 0.1) is 0 Å². The van der Waals surface area contributed by atoms with Gasteiger partial charge in [0.2, 0.25) is 0 Å². The molecule has 0 atom stereocenters. The van der Waals surface area contributed by atoms with Gasteiger partial charge in [0.25, 0.3) is 0 Å². The molecule has 0 aliphatic carbocycles. The third kappa shape index (κ3) is 7.17. The molecule has 22 heavy (non-hydrogen) atoms. The van der Waals surface area contributed by atoms with E-state index in [1.54, 1.807) is 6.07 Å². The van der Waals surface area contributed by atoms with Gasteiger partial charge in [-0.3, -0.25) is 0 Å². The minimum Gasteiger partial charge on any atom is -0.504 e. The number of aromatic hydroxyl groups is 1. The molecule has 6 nitrogen and oxygen atoms in total. The number of benzene rings is 1. The van der Waals surface area contributed by atoms with Crippen molar-refractivity contribution in [2.75, 3.05) is 33.4 Å². The maximum absolute atomic E-state index is 10.0. The summed E-state index contributed by atoms with van der Waals surface area (Å²) in [5.74, 6) is 1.28. The van der Waals surface area contributed by atoms with Gasteiger partial charge in [-0.05, 0) is 19.9 Å². The lowest BCUT2D eigenvalue weighted by Crippen LogP contribution is -2.39. The monoisotopic (exact) mass is 423 g/mol. The van der Waals surface area contributed by atoms with Gasteiger partial charge in [0.15, 0.2) is 17.5 Å². The highest BCUT2D eigenvalue weighted by atomic mass is 127. The van der Waals surface area contributed by atoms with E-state index in [-0.39, 0.29) is 29.7 Å². The summed E-state index contributed by atoms with van der Waals surface area (Å²) < 4.78 is 10.4. The van der Waals surface area contributed by atoms with Gasteiger partial charge < -0.3 is 25.2 Å². The Bertz CT molecular complexity index is 456. The number of para-hydroxylation sites is 1. The van der Waals surface area contributed by atoms with Crippen LogP contribution in [0.15, 0.2) is 23.2 Å². The Hall–Kier alpha value is -1.22. The van der Waals surface area contributed by atoms with E-state index in [0.717, 1.165) is 12.1 Å². The molecular formula is C15H26IN3O3. The van der Waals surface area contributed by atoms with Crippen LogP contribution in [0.4, 0.5) is 0 Å². The van der Waals surface area contributed by atoms with Crippen LogP contribution in [0.25, 0.3) is 0 Å². The smallest absolute Gasteiger partial charge is 0.191 e. The Morgan fingerprint density at radius 1 is 1.27 bits per heavy atom. The van der Waals surface area contributed by atoms with Crippen LogP contribution in [0.1, 0.15) is 19.4 Å². The molecule has 0 radical (unpaired) electrons. The Balaban J connectivity index is 0.00000441. The maximum Gasteiger partial charge on any atom is 0.191 e. The molecule has 0 spiro atoms. The first-order valence-corrected chi connectivity index (χ1v) is 7.17. The summed E-state index contributed by atoms with van der Waals surface area (Å²) in [5.41, 5.74) is 0.719. The van der Waals surface area contributed by atoms with Crippen molar-refractivity contribution in [3.63, 3.8) is 0 Å². The number of hydrogen-bond donors (Lipinski definition) is 3. The molecule has 3 N–H and O–H groups in total. The van der Waals surface area contributed by atoms with E-state index < -0.39 is 0 Å². The molecule has 0 aromatic heterocycles. The molecule has 0 heterocycles. The second-order valence-electron chi connectivity index (χ2n) is 4.29. The van der Waals surface area contributed by atoms with Crippen molar-refractivity contribution in [3.05, 3.63) is 23.8 Å². The summed E-state index contributed by atoms with van der Waals surface area (Å²) in [6, 6.07) is 5.37. The molecule has 0 aliphatic rings. The van der Waals surface area contributed by atoms with Crippen molar-refractivity contribution in [3.8, 4) is 11.5 Å². The number of phenols is 1. The van der Waals surface area contributed by atoms with E-state index in [9.17, 15) is 5.11 Å². The normalized spacial score (nSPS) is 10.8. The number of methoxy groups -OCH3 is 1. The largest absolute Gasteiger partial charge is 0.504 e. The van der Waals surface area contributed by atoms with Gasteiger partial charge in [0, 0.05) is 25.3 Å². The highest BCUT2D eigenvalue weighted by molar-refractivity contribution is 14.0. The molecular weight excluding hydrogens is 397 g/mol. The van der Waals surface area contributed by atoms with E-state index in [0.29, 0.717) is 38.0 Å². The first-order valence-electron chi connectivity index (χ1n) is 7.17. The third-order valence-electron chi connectivity index (χ3n) is 2.80. The van der Waals surface area contributed by atoms with E-state index in [4.69, 9.17) is 9.47 Å². The molecule has 1 rings (SSSR count). The van der Waals surface area contributed by atoms with Crippen LogP contribution in [0.5, 0.6) is 11.5 Å². The molecule has 7 heteroatoms. The molecule has 126 valence electrons. The minimum atomic E-state index is 0. The predicted molar refractivity (Wildman–Crippen MR) is 99.4 cm³/mol. The minimum absolute atomic E-state index is 0. The number of hydrogen-bond acceptors (Lipinski definition) is 4. The molecule has 0 aliphatic heterocycles. The van der Waals surface area contributed by atoms with Crippen molar-refractivity contribution in [2.24, 2.45) is 4.99 Å². The zero-order valence-corrected chi connectivity index (χ0v) is 15.7. The van der Waals surface area contributed by atoms with E-state index in [2.05, 4.69) is 15.6 Å². The molecule has 0 saturated heterocycles. The molecule has 0 saturated carbocycles. The second kappa shape index (κ2) is 12.3. The quantitative estimate of drug-likeness (QED) is 0.259. The van der Waals surface area contributed by atoms with Gasteiger partial charge in [-0.1, -0.05) is 12.1 Å². The summed E-state index contributed by atoms with van der Waals surface area (Å²) >= 11 is 0. The molecule has 0 unspecified atom stereocenters. The Morgan fingerprint density at radius 3 is 2.68 bits per heavy atom. The lowest BCUT2D eigenvalue weighted by molar-refractivity contribution is 0.152. The second-order valence-corrected chi connectivity index (χ2v) is 4.29. The number of ether oxygens (including phenoxy) is 2. The number of phenolic OH excluding ortho intramolecular Hbond substituents is 1. The van der Waals surface area contributed by atoms with Crippen LogP contribution in [0.2, 0.25) is 0 Å². The van der Waals surface area contributed by atoms with Crippen molar-refractivity contribution < 1.29 is 14.6 Å². The Morgan fingerprint density at radius 2 is 2.05 bits per heavy atom. The average Bonchev–Trinajstić information content (AvgIpc) is 2.50. The number of aliphatic imine (C=N–C) groups is 1. The average molecular weight is 423 g/mol. The SMILES string of the molecule is CCNC(=NCc1cccc(OC)c1O)NCCOCC.I. The van der Waals surface area contributed by atoms with Crippen LogP contribution in [-0.4, -0.2) is 44.5 Å². The fraction of sp³-hybridized carbons (Fsp3) is 0.533. The highest BCUT2D eigenvalue weighted by Crippen LogP contribution is 2.29. The maximum atomic E-state index is 10.0. The van der Waals surface area contributed by atoms with Gasteiger partial charge in [0.1, 0.15) is 0 Å². The Kier molecular flexibility index (Phi) is 11.7. The van der Waals surface area contributed by atoms with Crippen LogP contribution < -0.4 is 15.4 Å². The van der Waals surface area contributed by atoms with Crippen LogP contribution in [-0.2, 0) is 11.3 Å². The van der Waals surface area contributed by atoms with Gasteiger partial charge >= 0.3 is 0 Å². The standard InChI is InChI=1S/C15H25N3O3.HI/c1-4-16-15(17-9-10-21-5-2)18-11-12-7-6-8-13(20-3)14(12)19;/h6-8,19H,4-5,9-11H2,1-3H3,(H2,16,17,18);1H. The van der Waals surface area contributed by atoms with Crippen LogP contribution in [0.3, 0.4) is 0 Å². The summed E-state index contributed by atoms with van der Waals surface area (Å²) in [4.78, 5) is 4.44. The molecule has 0 amide bonds. The van der Waals surface area contributed by atoms with E-state index in [1.165, 1.54) is 7.11 Å². The molecule has 0 fully saturated rings. The molecule has 1 aromatic carbocycles. The fourth-order valence-electron chi connectivity index (χ4n) is 1.75. The summed E-state index contributed by atoms with van der Waals surface area (Å²) in [7, 11) is 1.53. The molecule has 0 bridgehead atoms. The van der Waals surface area contributed by atoms with Gasteiger partial charge in [-0.15, -0.1) is 24.0 Å². The number of guanidine groups is 1. The van der Waals surface area contributed by atoms with Crippen molar-refractivity contribution >= 4 is 29.9 Å². The third-order valence-corrected chi connectivity index (χ3v) is 2.80. The fourth-order valence-corrected chi connectivity index (χ4v) is 1.75. The topological polar surface area (TPSA) is 75.1 Å². The number of nitrogens with zero attached hydrogens (tertiary/aromatic N) is 1. The van der Waals surface area contributed by atoms with Gasteiger partial charge in [0.05, 0.1) is 20.3 Å². The number of rotatable bonds is 8. The number of nitrogens with one attached hydrogen (secondary N) is 2.